The van der Waals surface area contributed by atoms with E-state index in [1.807, 2.05) is 18.7 Å². The summed E-state index contributed by atoms with van der Waals surface area (Å²) in [5, 5.41) is 11.4. The van der Waals surface area contributed by atoms with E-state index in [1.54, 1.807) is 0 Å². The number of unbranched alkanes of at least 4 members (excludes halogenated alkanes) is 2. The van der Waals surface area contributed by atoms with Crippen molar-refractivity contribution in [2.75, 3.05) is 11.5 Å². The van der Waals surface area contributed by atoms with Gasteiger partial charge in [-0.2, -0.15) is 11.8 Å². The lowest BCUT2D eigenvalue weighted by molar-refractivity contribution is 0.315. The molecule has 0 fully saturated rings. The molecule has 1 atom stereocenters. The normalized spacial score (nSPS) is 14.5. The molecule has 0 rings (SSSR count). The Morgan fingerprint density at radius 3 is 2.77 bits per heavy atom. The minimum atomic E-state index is 0.177. The van der Waals surface area contributed by atoms with Gasteiger partial charge in [0.25, 0.3) is 0 Å². The number of amidine groups is 1. The predicted octanol–water partition coefficient (Wildman–Crippen LogP) is 2.29. The fourth-order valence-electron chi connectivity index (χ4n) is 0.898. The van der Waals surface area contributed by atoms with Gasteiger partial charge in [0.15, 0.2) is 0 Å². The first-order valence-corrected chi connectivity index (χ1v) is 5.93. The maximum absolute atomic E-state index is 8.40. The highest BCUT2D eigenvalue weighted by Crippen LogP contribution is 2.11. The Morgan fingerprint density at radius 2 is 2.23 bits per heavy atom. The van der Waals surface area contributed by atoms with Crippen molar-refractivity contribution in [2.45, 2.75) is 33.1 Å². The van der Waals surface area contributed by atoms with Crippen LogP contribution in [0.3, 0.4) is 0 Å². The lowest BCUT2D eigenvalue weighted by Gasteiger charge is -2.08. The molecule has 13 heavy (non-hydrogen) atoms. The van der Waals surface area contributed by atoms with Crippen molar-refractivity contribution in [3.8, 4) is 0 Å². The molecule has 0 aliphatic rings. The number of hydrogen-bond donors (Lipinski definition) is 2. The van der Waals surface area contributed by atoms with Crippen LogP contribution in [0.1, 0.15) is 33.1 Å². The summed E-state index contributed by atoms with van der Waals surface area (Å²) in [6.45, 7) is 4.17. The zero-order valence-corrected chi connectivity index (χ0v) is 9.31. The average Bonchev–Trinajstić information content (AvgIpc) is 2.16. The Balaban J connectivity index is 3.32. The largest absolute Gasteiger partial charge is 0.409 e. The van der Waals surface area contributed by atoms with Gasteiger partial charge < -0.3 is 10.9 Å². The molecule has 0 radical (unpaired) electrons. The molecule has 0 saturated carbocycles. The molecule has 78 valence electrons. The van der Waals surface area contributed by atoms with E-state index in [9.17, 15) is 0 Å². The Labute approximate surface area is 84.8 Å². The lowest BCUT2D eigenvalue weighted by Crippen LogP contribution is -2.23. The molecule has 0 aliphatic heterocycles. The SMILES string of the molecule is CCCCCSCC(C)C(N)=NO. The summed E-state index contributed by atoms with van der Waals surface area (Å²) >= 11 is 1.87. The van der Waals surface area contributed by atoms with Crippen LogP contribution in [-0.2, 0) is 0 Å². The predicted molar refractivity (Wildman–Crippen MR) is 59.4 cm³/mol. The molecular weight excluding hydrogens is 184 g/mol. The third kappa shape index (κ3) is 6.75. The van der Waals surface area contributed by atoms with Gasteiger partial charge in [0.05, 0.1) is 0 Å². The number of nitrogens with two attached hydrogens (primary N) is 1. The number of hydrogen-bond acceptors (Lipinski definition) is 3. The van der Waals surface area contributed by atoms with Crippen LogP contribution in [0.15, 0.2) is 5.16 Å². The van der Waals surface area contributed by atoms with Crippen molar-refractivity contribution >= 4 is 17.6 Å². The summed E-state index contributed by atoms with van der Waals surface area (Å²) in [5.41, 5.74) is 5.44. The summed E-state index contributed by atoms with van der Waals surface area (Å²) < 4.78 is 0. The monoisotopic (exact) mass is 204 g/mol. The molecule has 0 bridgehead atoms. The molecule has 0 amide bonds. The van der Waals surface area contributed by atoms with Crippen LogP contribution in [0.25, 0.3) is 0 Å². The van der Waals surface area contributed by atoms with E-state index in [1.165, 1.54) is 25.0 Å². The fraction of sp³-hybridized carbons (Fsp3) is 0.889. The smallest absolute Gasteiger partial charge is 0.142 e. The lowest BCUT2D eigenvalue weighted by atomic mass is 10.2. The molecule has 0 heterocycles. The van der Waals surface area contributed by atoms with Gasteiger partial charge in [-0.1, -0.05) is 31.8 Å². The summed E-state index contributed by atoms with van der Waals surface area (Å²) in [6.07, 6.45) is 3.82. The molecule has 0 aromatic rings. The second-order valence-electron chi connectivity index (χ2n) is 3.21. The van der Waals surface area contributed by atoms with Crippen molar-refractivity contribution < 1.29 is 5.21 Å². The topological polar surface area (TPSA) is 58.6 Å². The molecule has 4 heteroatoms. The summed E-state index contributed by atoms with van der Waals surface area (Å²) in [7, 11) is 0. The zero-order chi connectivity index (χ0) is 10.1. The first-order chi connectivity index (χ1) is 6.22. The number of oxime groups is 1. The van der Waals surface area contributed by atoms with E-state index in [-0.39, 0.29) is 5.92 Å². The molecule has 0 aromatic carbocycles. The molecule has 3 N–H and O–H groups in total. The Kier molecular flexibility index (Phi) is 7.99. The van der Waals surface area contributed by atoms with Gasteiger partial charge in [-0.05, 0) is 12.2 Å². The van der Waals surface area contributed by atoms with Gasteiger partial charge in [-0.25, -0.2) is 0 Å². The molecular formula is C9H20N2OS. The van der Waals surface area contributed by atoms with Crippen LogP contribution >= 0.6 is 11.8 Å². The number of nitrogens with zero attached hydrogens (tertiary/aromatic N) is 1. The molecule has 0 saturated heterocycles. The van der Waals surface area contributed by atoms with E-state index >= 15 is 0 Å². The number of thioether (sulfide) groups is 1. The van der Waals surface area contributed by atoms with Crippen LogP contribution in [-0.4, -0.2) is 22.5 Å². The van der Waals surface area contributed by atoms with Gasteiger partial charge in [-0.15, -0.1) is 0 Å². The van der Waals surface area contributed by atoms with Crippen molar-refractivity contribution in [2.24, 2.45) is 16.8 Å². The highest BCUT2D eigenvalue weighted by atomic mass is 32.2. The van der Waals surface area contributed by atoms with Gasteiger partial charge in [-0.3, -0.25) is 0 Å². The molecule has 1 unspecified atom stereocenters. The molecule has 0 aliphatic carbocycles. The number of rotatable bonds is 7. The van der Waals surface area contributed by atoms with E-state index in [2.05, 4.69) is 12.1 Å². The third-order valence-electron chi connectivity index (χ3n) is 1.88. The summed E-state index contributed by atoms with van der Waals surface area (Å²) in [4.78, 5) is 0. The first kappa shape index (κ1) is 12.6. The van der Waals surface area contributed by atoms with Crippen molar-refractivity contribution in [3.05, 3.63) is 0 Å². The van der Waals surface area contributed by atoms with E-state index in [0.29, 0.717) is 5.84 Å². The van der Waals surface area contributed by atoms with Gasteiger partial charge in [0.2, 0.25) is 0 Å². The molecule has 3 nitrogen and oxygen atoms in total. The molecule has 0 aromatic heterocycles. The van der Waals surface area contributed by atoms with Crippen LogP contribution in [0, 0.1) is 5.92 Å². The van der Waals surface area contributed by atoms with E-state index in [4.69, 9.17) is 10.9 Å². The van der Waals surface area contributed by atoms with Crippen LogP contribution in [0.5, 0.6) is 0 Å². The van der Waals surface area contributed by atoms with Crippen molar-refractivity contribution in [3.63, 3.8) is 0 Å². The Morgan fingerprint density at radius 1 is 1.54 bits per heavy atom. The van der Waals surface area contributed by atoms with Crippen LogP contribution in [0.4, 0.5) is 0 Å². The van der Waals surface area contributed by atoms with E-state index in [0.717, 1.165) is 5.75 Å². The summed E-state index contributed by atoms with van der Waals surface area (Å²) in [5.74, 6) is 2.64. The van der Waals surface area contributed by atoms with Gasteiger partial charge in [0.1, 0.15) is 5.84 Å². The highest BCUT2D eigenvalue weighted by Gasteiger charge is 2.06. The van der Waals surface area contributed by atoms with Crippen molar-refractivity contribution in [1.29, 1.82) is 0 Å². The van der Waals surface area contributed by atoms with Crippen molar-refractivity contribution in [1.82, 2.24) is 0 Å². The van der Waals surface area contributed by atoms with Gasteiger partial charge >= 0.3 is 0 Å². The third-order valence-corrected chi connectivity index (χ3v) is 3.19. The Hall–Kier alpha value is -0.380. The van der Waals surface area contributed by atoms with E-state index < -0.39 is 0 Å². The zero-order valence-electron chi connectivity index (χ0n) is 8.49. The maximum Gasteiger partial charge on any atom is 0.142 e. The fourth-order valence-corrected chi connectivity index (χ4v) is 2.00. The second kappa shape index (κ2) is 8.23. The minimum Gasteiger partial charge on any atom is -0.409 e. The van der Waals surface area contributed by atoms with Crippen LogP contribution in [0.2, 0.25) is 0 Å². The quantitative estimate of drug-likeness (QED) is 0.220. The van der Waals surface area contributed by atoms with Gasteiger partial charge in [0, 0.05) is 11.7 Å². The summed E-state index contributed by atoms with van der Waals surface area (Å²) in [6, 6.07) is 0. The maximum atomic E-state index is 8.40. The highest BCUT2D eigenvalue weighted by molar-refractivity contribution is 7.99. The standard InChI is InChI=1S/C9H20N2OS/c1-3-4-5-6-13-7-8(2)9(10)11-12/h8,12H,3-7H2,1-2H3,(H2,10,11). The molecule has 0 spiro atoms. The second-order valence-corrected chi connectivity index (χ2v) is 4.36. The first-order valence-electron chi connectivity index (χ1n) is 4.77. The van der Waals surface area contributed by atoms with Crippen LogP contribution < -0.4 is 5.73 Å². The Bertz CT molecular complexity index is 151. The minimum absolute atomic E-state index is 0.177. The average molecular weight is 204 g/mol.